The summed E-state index contributed by atoms with van der Waals surface area (Å²) in [7, 11) is 0. The number of hydrogen-bond donors (Lipinski definition) is 6. The minimum Gasteiger partial charge on any atom is -0.480 e. The van der Waals surface area contributed by atoms with Crippen molar-refractivity contribution in [1.82, 2.24) is 0 Å². The molecule has 0 spiro atoms. The molecule has 0 saturated heterocycles. The number of unbranched alkanes of at least 4 members (excludes halogenated alkanes) is 32. The third-order valence-electron chi connectivity index (χ3n) is 20.8. The van der Waals surface area contributed by atoms with E-state index in [9.17, 15) is 33.9 Å². The molecule has 0 saturated carbocycles. The Morgan fingerprint density at radius 1 is 0.266 bits per heavy atom. The number of ether oxygens (including phenoxy) is 3. The largest absolute Gasteiger partial charge is 0.480 e. The van der Waals surface area contributed by atoms with Gasteiger partial charge in [-0.1, -0.05) is 305 Å². The van der Waals surface area contributed by atoms with Crippen LogP contribution in [0.1, 0.15) is 444 Å². The van der Waals surface area contributed by atoms with Crippen LogP contribution in [0, 0.1) is 0 Å². The third-order valence-corrected chi connectivity index (χ3v) is 24.7. The molecule has 4 atom stereocenters. The monoisotopic (exact) mass is 1850 g/mol. The van der Waals surface area contributed by atoms with E-state index in [1.54, 1.807) is 51.2 Å². The predicted octanol–water partition coefficient (Wildman–Crippen LogP) is 33.6. The van der Waals surface area contributed by atoms with E-state index in [4.69, 9.17) is 39.7 Å². The van der Waals surface area contributed by atoms with Crippen molar-refractivity contribution < 1.29 is 73.6 Å². The first kappa shape index (κ1) is 133. The van der Waals surface area contributed by atoms with Gasteiger partial charge in [0.15, 0.2) is 17.3 Å². The molecule has 0 aliphatic heterocycles. The number of aliphatic carboxylic acids is 6. The van der Waals surface area contributed by atoms with Crippen LogP contribution in [-0.4, -0.2) is 137 Å². The summed E-state index contributed by atoms with van der Waals surface area (Å²) in [5, 5.41) is 52.6. The summed E-state index contributed by atoms with van der Waals surface area (Å²) in [5.74, 6) is -1.83. The van der Waals surface area contributed by atoms with E-state index >= 15 is 0 Å². The van der Waals surface area contributed by atoms with E-state index in [0.717, 1.165) is 171 Å². The number of carboxylic acid groups (broad SMARTS) is 6. The maximum Gasteiger partial charge on any atom is 0.335 e. The van der Waals surface area contributed by atoms with Crippen molar-refractivity contribution in [2.24, 2.45) is 0 Å². The average molecular weight is 1850 g/mol. The zero-order valence-corrected chi connectivity index (χ0v) is 86.6. The molecule has 0 aliphatic rings. The van der Waals surface area contributed by atoms with E-state index in [1.165, 1.54) is 179 Å². The highest BCUT2D eigenvalue weighted by Crippen LogP contribution is 2.23. The maximum absolute atomic E-state index is 11.3. The molecule has 744 valence electrons. The van der Waals surface area contributed by atoms with Crippen molar-refractivity contribution in [3.63, 3.8) is 0 Å². The molecule has 128 heavy (non-hydrogen) atoms. The molecule has 0 rings (SSSR count). The molecule has 0 bridgehead atoms. The van der Waals surface area contributed by atoms with Gasteiger partial charge < -0.3 is 44.8 Å². The first-order chi connectivity index (χ1) is 61.9. The molecule has 0 radical (unpaired) electrons. The van der Waals surface area contributed by atoms with Crippen molar-refractivity contribution in [1.29, 1.82) is 0 Å². The molecule has 15 nitrogen and oxygen atoms in total. The Bertz CT molecular complexity index is 2810. The smallest absolute Gasteiger partial charge is 0.335 e. The second-order valence-electron chi connectivity index (χ2n) is 33.2. The van der Waals surface area contributed by atoms with Crippen molar-refractivity contribution in [2.75, 3.05) is 37.1 Å². The first-order valence-corrected chi connectivity index (χ1v) is 54.0. The van der Waals surface area contributed by atoms with Crippen LogP contribution in [0.4, 0.5) is 0 Å². The number of allylic oxidation sites excluding steroid dienone is 24. The lowest BCUT2D eigenvalue weighted by Gasteiger charge is -2.27. The van der Waals surface area contributed by atoms with E-state index in [1.807, 2.05) is 27.7 Å². The van der Waals surface area contributed by atoms with Gasteiger partial charge in [-0.3, -0.25) is 14.4 Å². The number of carbonyl (C=O) groups is 6. The van der Waals surface area contributed by atoms with Gasteiger partial charge in [-0.25, -0.2) is 14.4 Å². The van der Waals surface area contributed by atoms with Gasteiger partial charge in [0.1, 0.15) is 5.25 Å². The lowest BCUT2D eigenvalue weighted by molar-refractivity contribution is -0.167. The van der Waals surface area contributed by atoms with Crippen molar-refractivity contribution >= 4 is 71.1 Å². The second kappa shape index (κ2) is 110. The lowest BCUT2D eigenvalue weighted by atomic mass is 9.97. The molecular formula is C110H196O15S3. The van der Waals surface area contributed by atoms with Crippen molar-refractivity contribution in [3.8, 4) is 0 Å². The summed E-state index contributed by atoms with van der Waals surface area (Å²) >= 11 is 4.65. The Hall–Kier alpha value is -5.37. The Morgan fingerprint density at radius 2 is 0.508 bits per heavy atom. The number of carboxylic acids is 6. The fourth-order valence-corrected chi connectivity index (χ4v) is 14.7. The second-order valence-corrected chi connectivity index (χ2v) is 37.4. The number of hydrogen-bond acceptors (Lipinski definition) is 12. The Labute approximate surface area is 799 Å². The molecule has 0 aromatic heterocycles. The molecule has 0 aromatic rings. The SMILES string of the molecule is CCCCC/C=C\C/C=C\CCCCCOC(CC)C(=O)O.CCCCC/C=C\C/C=C\CCCCCSC(C)C(=O)O.CCCCC/C=C\C/C=C\CCCCOC(C)(C)C(=O)O.CCCCC/C=C\C/C=C\CCCCOC(CC)(CC)C(=O)O.CCCCC/C=C\C/C=C\CCCCSC(C)C(=O)O.CCCCC/C=C\C/C=C\CCCCSC(CC)C(=O)O. The van der Waals surface area contributed by atoms with Crippen molar-refractivity contribution in [3.05, 3.63) is 146 Å². The topological polar surface area (TPSA) is 251 Å². The standard InChI is InChI=1S/C20H36O3.C19H34O3.C18H32O3.2C18H32O2S.C17H30O2S/c1-4-7-8-9-10-11-12-13-14-15-16-17-18-23-20(5-2,6-3)19(21)22;1-3-5-6-7-8-9-10-11-12-13-14-15-16-17-22-18(4-2)19(20)21;1-4-5-6-7-8-9-10-11-12-13-14-15-16-21-18(2,3)17(19)20;1-3-4-5-6-7-8-9-10-11-12-13-14-15-16-21-17(2)18(19)20;1-3-5-6-7-8-9-10-11-12-13-14-15-16-21-17(4-2)18(19)20;1-3-4-5-6-7-8-9-10-11-12-13-14-15-20-16(2)17(18)19/h10-11,13-14H,4-9,12,15-18H2,1-3H3,(H,21,22);8-9,11-12,18H,3-7,10,13-17H2,1-2H3,(H,20,21);8-9,11-12H,4-7,10,13-16H2,1-3H3,(H,19,20);7-8,10-11,17H,3-6,9,12-16H2,1-2H3,(H,19,20);8-9,11-12,17H,3-7,10,13-16H2,1-2H3,(H,19,20);7-8,10-11,16H,3-6,9,12-15H2,1-2H3,(H,18,19)/b11-10-,14-13-;2*9-8-,12-11-;8-7-,11-10-;9-8-,12-11-;8-7-,11-10-. The quantitative estimate of drug-likeness (QED) is 0.0245. The highest BCUT2D eigenvalue weighted by Gasteiger charge is 2.35. The van der Waals surface area contributed by atoms with Gasteiger partial charge in [0.25, 0.3) is 0 Å². The lowest BCUT2D eigenvalue weighted by Crippen LogP contribution is -2.40. The van der Waals surface area contributed by atoms with Crippen LogP contribution in [-0.2, 0) is 43.0 Å². The van der Waals surface area contributed by atoms with Crippen LogP contribution >= 0.6 is 35.3 Å². The van der Waals surface area contributed by atoms with E-state index in [2.05, 4.69) is 187 Å². The predicted molar refractivity (Wildman–Crippen MR) is 560 cm³/mol. The van der Waals surface area contributed by atoms with Gasteiger partial charge in [-0.15, -0.1) is 35.3 Å². The summed E-state index contributed by atoms with van der Waals surface area (Å²) in [5.41, 5.74) is -2.06. The van der Waals surface area contributed by atoms with E-state index in [0.29, 0.717) is 45.5 Å². The maximum atomic E-state index is 11.3. The van der Waals surface area contributed by atoms with Crippen LogP contribution in [0.2, 0.25) is 0 Å². The normalized spacial score (nSPS) is 13.0. The minimum absolute atomic E-state index is 0.224. The van der Waals surface area contributed by atoms with Crippen LogP contribution in [0.3, 0.4) is 0 Å². The molecule has 4 unspecified atom stereocenters. The summed E-state index contributed by atoms with van der Waals surface area (Å²) < 4.78 is 16.3. The molecule has 0 fully saturated rings. The molecule has 6 N–H and O–H groups in total. The van der Waals surface area contributed by atoms with Crippen LogP contribution in [0.5, 0.6) is 0 Å². The molecule has 0 amide bonds. The third kappa shape index (κ3) is 108. The summed E-state index contributed by atoms with van der Waals surface area (Å²) in [4.78, 5) is 65.0. The van der Waals surface area contributed by atoms with Gasteiger partial charge in [-0.05, 0) is 302 Å². The molecular weight excluding hydrogens is 1660 g/mol. The molecule has 0 aromatic carbocycles. The molecule has 0 heterocycles. The number of rotatable bonds is 84. The summed E-state index contributed by atoms with van der Waals surface area (Å²) in [6.07, 6.45) is 114. The van der Waals surface area contributed by atoms with E-state index in [-0.39, 0.29) is 15.7 Å². The Morgan fingerprint density at radius 3 is 0.742 bits per heavy atom. The van der Waals surface area contributed by atoms with Crippen LogP contribution < -0.4 is 0 Å². The Balaban J connectivity index is -0.000000349. The molecule has 0 aliphatic carbocycles. The fraction of sp³-hybridized carbons (Fsp3) is 0.727. The summed E-state index contributed by atoms with van der Waals surface area (Å²) in [6, 6.07) is 0. The zero-order valence-electron chi connectivity index (χ0n) is 84.2. The van der Waals surface area contributed by atoms with Gasteiger partial charge in [-0.2, -0.15) is 0 Å². The highest BCUT2D eigenvalue weighted by molar-refractivity contribution is 8.01. The average Bonchev–Trinajstić information content (AvgIpc) is 0.858. The van der Waals surface area contributed by atoms with Gasteiger partial charge >= 0.3 is 35.8 Å². The van der Waals surface area contributed by atoms with Gasteiger partial charge in [0, 0.05) is 19.8 Å². The van der Waals surface area contributed by atoms with Crippen molar-refractivity contribution in [2.45, 2.75) is 477 Å². The molecule has 18 heteroatoms. The zero-order chi connectivity index (χ0) is 96.4. The van der Waals surface area contributed by atoms with Crippen LogP contribution in [0.25, 0.3) is 0 Å². The minimum atomic E-state index is -1.07. The van der Waals surface area contributed by atoms with Gasteiger partial charge in [0.05, 0.1) is 10.5 Å². The summed E-state index contributed by atoms with van der Waals surface area (Å²) in [6.45, 7) is 29.1. The van der Waals surface area contributed by atoms with Gasteiger partial charge in [0.2, 0.25) is 0 Å². The van der Waals surface area contributed by atoms with Crippen LogP contribution in [0.15, 0.2) is 146 Å². The number of thioether (sulfide) groups is 3. The highest BCUT2D eigenvalue weighted by atomic mass is 32.2. The Kier molecular flexibility index (Phi) is 115. The fourth-order valence-electron chi connectivity index (χ4n) is 12.0. The van der Waals surface area contributed by atoms with E-state index < -0.39 is 53.1 Å². The first-order valence-electron chi connectivity index (χ1n) is 50.9.